The lowest BCUT2D eigenvalue weighted by Gasteiger charge is -2.13. The summed E-state index contributed by atoms with van der Waals surface area (Å²) in [5.74, 6) is -0.497. The molecule has 0 saturated carbocycles. The van der Waals surface area contributed by atoms with Gasteiger partial charge in [-0.15, -0.1) is 0 Å². The fourth-order valence-corrected chi connectivity index (χ4v) is 3.50. The summed E-state index contributed by atoms with van der Waals surface area (Å²) < 4.78 is 44.6. The maximum atomic E-state index is 12.9. The van der Waals surface area contributed by atoms with Gasteiger partial charge in [-0.25, -0.2) is 17.5 Å². The summed E-state index contributed by atoms with van der Waals surface area (Å²) in [6.45, 7) is 4.29. The molecule has 0 aromatic heterocycles. The minimum absolute atomic E-state index is 0.00704. The number of hydrogen-bond acceptors (Lipinski definition) is 3. The molecule has 0 bridgehead atoms. The molecule has 1 N–H and O–H groups in total. The Morgan fingerprint density at radius 1 is 1.50 bits per heavy atom. The summed E-state index contributed by atoms with van der Waals surface area (Å²) >= 11 is 3.03. The molecule has 0 spiro atoms. The van der Waals surface area contributed by atoms with Gasteiger partial charge in [0.15, 0.2) is 0 Å². The zero-order valence-corrected chi connectivity index (χ0v) is 12.5. The van der Waals surface area contributed by atoms with Crippen molar-refractivity contribution in [1.29, 1.82) is 0 Å². The van der Waals surface area contributed by atoms with E-state index in [1.54, 1.807) is 6.92 Å². The first kappa shape index (κ1) is 15.6. The molecular weight excluding hydrogens is 325 g/mol. The molecule has 0 radical (unpaired) electrons. The molecule has 4 nitrogen and oxygen atoms in total. The van der Waals surface area contributed by atoms with Gasteiger partial charge in [0.05, 0.1) is 11.0 Å². The molecule has 7 heteroatoms. The van der Waals surface area contributed by atoms with Gasteiger partial charge in [-0.2, -0.15) is 0 Å². The summed E-state index contributed by atoms with van der Waals surface area (Å²) in [5.41, 5.74) is 0. The zero-order valence-electron chi connectivity index (χ0n) is 10.1. The fourth-order valence-electron chi connectivity index (χ4n) is 1.34. The molecule has 0 heterocycles. The number of nitrogens with one attached hydrogen (secondary N) is 1. The van der Waals surface area contributed by atoms with E-state index in [9.17, 15) is 12.8 Å². The maximum absolute atomic E-state index is 12.9. The van der Waals surface area contributed by atoms with Crippen molar-refractivity contribution in [3.8, 4) is 0 Å². The molecule has 102 valence electrons. The molecule has 0 aliphatic rings. The Labute approximate surface area is 115 Å². The molecular formula is C11H15BrFNO3S. The van der Waals surface area contributed by atoms with E-state index in [0.717, 1.165) is 12.1 Å². The SMILES string of the molecule is CCOC(C)CNS(=O)(=O)c1ccc(F)cc1Br. The van der Waals surface area contributed by atoms with Gasteiger partial charge in [0.1, 0.15) is 5.82 Å². The van der Waals surface area contributed by atoms with Crippen molar-refractivity contribution in [2.45, 2.75) is 24.8 Å². The fraction of sp³-hybridized carbons (Fsp3) is 0.455. The molecule has 1 aromatic rings. The van der Waals surface area contributed by atoms with Gasteiger partial charge in [0.2, 0.25) is 10.0 Å². The summed E-state index contributed by atoms with van der Waals surface area (Å²) in [7, 11) is -3.66. The van der Waals surface area contributed by atoms with Gasteiger partial charge >= 0.3 is 0 Å². The highest BCUT2D eigenvalue weighted by atomic mass is 79.9. The Kier molecular flexibility index (Phi) is 5.71. The van der Waals surface area contributed by atoms with Crippen LogP contribution in [0.1, 0.15) is 13.8 Å². The van der Waals surface area contributed by atoms with Crippen LogP contribution in [0.25, 0.3) is 0 Å². The zero-order chi connectivity index (χ0) is 13.8. The summed E-state index contributed by atoms with van der Waals surface area (Å²) in [6.07, 6.45) is -0.219. The minimum Gasteiger partial charge on any atom is -0.377 e. The summed E-state index contributed by atoms with van der Waals surface area (Å²) in [4.78, 5) is 0.00704. The van der Waals surface area contributed by atoms with Crippen LogP contribution in [0.2, 0.25) is 0 Å². The van der Waals surface area contributed by atoms with Crippen molar-refractivity contribution in [1.82, 2.24) is 4.72 Å². The summed E-state index contributed by atoms with van der Waals surface area (Å²) in [5, 5.41) is 0. The third kappa shape index (κ3) is 4.31. The van der Waals surface area contributed by atoms with Crippen LogP contribution in [0, 0.1) is 5.82 Å². The molecule has 1 unspecified atom stereocenters. The number of sulfonamides is 1. The molecule has 18 heavy (non-hydrogen) atoms. The largest absolute Gasteiger partial charge is 0.377 e. The van der Waals surface area contributed by atoms with Crippen LogP contribution in [-0.4, -0.2) is 27.7 Å². The average Bonchev–Trinajstić information content (AvgIpc) is 2.26. The van der Waals surface area contributed by atoms with Crippen LogP contribution < -0.4 is 4.72 Å². The third-order valence-electron chi connectivity index (χ3n) is 2.20. The van der Waals surface area contributed by atoms with Crippen LogP contribution in [-0.2, 0) is 14.8 Å². The highest BCUT2D eigenvalue weighted by Gasteiger charge is 2.18. The lowest BCUT2D eigenvalue weighted by Crippen LogP contribution is -2.32. The highest BCUT2D eigenvalue weighted by Crippen LogP contribution is 2.22. The van der Waals surface area contributed by atoms with E-state index >= 15 is 0 Å². The van der Waals surface area contributed by atoms with E-state index in [4.69, 9.17) is 4.74 Å². The Hall–Kier alpha value is -0.500. The quantitative estimate of drug-likeness (QED) is 0.865. The number of hydrogen-bond donors (Lipinski definition) is 1. The number of benzene rings is 1. The molecule has 1 rings (SSSR count). The van der Waals surface area contributed by atoms with Crippen molar-refractivity contribution < 1.29 is 17.5 Å². The van der Waals surface area contributed by atoms with Crippen molar-refractivity contribution in [2.75, 3.05) is 13.2 Å². The van der Waals surface area contributed by atoms with E-state index in [2.05, 4.69) is 20.7 Å². The molecule has 0 aliphatic carbocycles. The van der Waals surface area contributed by atoms with Gasteiger partial charge in [-0.1, -0.05) is 0 Å². The predicted molar refractivity (Wildman–Crippen MR) is 70.4 cm³/mol. The standard InChI is InChI=1S/C11H15BrFNO3S/c1-3-17-8(2)7-14-18(15,16)11-5-4-9(13)6-10(11)12/h4-6,8,14H,3,7H2,1-2H3. The van der Waals surface area contributed by atoms with Gasteiger partial charge in [0, 0.05) is 17.6 Å². The van der Waals surface area contributed by atoms with Crippen molar-refractivity contribution in [3.63, 3.8) is 0 Å². The Balaban J connectivity index is 2.80. The number of rotatable bonds is 6. The highest BCUT2D eigenvalue weighted by molar-refractivity contribution is 9.10. The first-order valence-electron chi connectivity index (χ1n) is 5.43. The van der Waals surface area contributed by atoms with E-state index in [0.29, 0.717) is 6.61 Å². The molecule has 0 fully saturated rings. The van der Waals surface area contributed by atoms with Gasteiger partial charge < -0.3 is 4.74 Å². The van der Waals surface area contributed by atoms with E-state index < -0.39 is 15.8 Å². The maximum Gasteiger partial charge on any atom is 0.241 e. The van der Waals surface area contributed by atoms with Gasteiger partial charge in [-0.05, 0) is 48.0 Å². The van der Waals surface area contributed by atoms with Crippen LogP contribution in [0.4, 0.5) is 4.39 Å². The lowest BCUT2D eigenvalue weighted by atomic mass is 10.3. The van der Waals surface area contributed by atoms with Crippen LogP contribution >= 0.6 is 15.9 Å². The van der Waals surface area contributed by atoms with E-state index in [-0.39, 0.29) is 22.0 Å². The third-order valence-corrected chi connectivity index (χ3v) is 4.60. The monoisotopic (exact) mass is 339 g/mol. The van der Waals surface area contributed by atoms with Crippen molar-refractivity contribution in [2.24, 2.45) is 0 Å². The summed E-state index contributed by atoms with van der Waals surface area (Å²) in [6, 6.07) is 3.43. The normalized spacial score (nSPS) is 13.6. The first-order valence-corrected chi connectivity index (χ1v) is 7.70. The van der Waals surface area contributed by atoms with Gasteiger partial charge in [-0.3, -0.25) is 0 Å². The van der Waals surface area contributed by atoms with Crippen molar-refractivity contribution in [3.05, 3.63) is 28.5 Å². The Morgan fingerprint density at radius 2 is 2.17 bits per heavy atom. The smallest absolute Gasteiger partial charge is 0.241 e. The lowest BCUT2D eigenvalue weighted by molar-refractivity contribution is 0.0799. The topological polar surface area (TPSA) is 55.4 Å². The molecule has 0 saturated heterocycles. The predicted octanol–water partition coefficient (Wildman–Crippen LogP) is 2.29. The number of halogens is 2. The van der Waals surface area contributed by atoms with Crippen molar-refractivity contribution >= 4 is 26.0 Å². The molecule has 1 atom stereocenters. The number of ether oxygens (including phenoxy) is 1. The minimum atomic E-state index is -3.66. The molecule has 1 aromatic carbocycles. The first-order chi connectivity index (χ1) is 8.36. The van der Waals surface area contributed by atoms with Crippen LogP contribution in [0.3, 0.4) is 0 Å². The van der Waals surface area contributed by atoms with Crippen LogP contribution in [0.5, 0.6) is 0 Å². The average molecular weight is 340 g/mol. The Bertz CT molecular complexity index is 507. The second-order valence-corrected chi connectivity index (χ2v) is 6.28. The molecule has 0 aliphatic heterocycles. The van der Waals surface area contributed by atoms with E-state index in [1.165, 1.54) is 6.07 Å². The second kappa shape index (κ2) is 6.60. The molecule has 0 amide bonds. The van der Waals surface area contributed by atoms with E-state index in [1.807, 2.05) is 6.92 Å². The Morgan fingerprint density at radius 3 is 2.72 bits per heavy atom. The second-order valence-electron chi connectivity index (χ2n) is 3.69. The van der Waals surface area contributed by atoms with Crippen LogP contribution in [0.15, 0.2) is 27.6 Å². The van der Waals surface area contributed by atoms with Gasteiger partial charge in [0.25, 0.3) is 0 Å².